The Bertz CT molecular complexity index is 1100. The van der Waals surface area contributed by atoms with Crippen LogP contribution in [0.15, 0.2) is 17.1 Å². The molecule has 2 aliphatic heterocycles. The third-order valence-corrected chi connectivity index (χ3v) is 6.66. The summed E-state index contributed by atoms with van der Waals surface area (Å²) in [6, 6.07) is 0.424. The van der Waals surface area contributed by atoms with Crippen molar-refractivity contribution in [3.05, 3.63) is 39.7 Å². The van der Waals surface area contributed by atoms with Crippen molar-refractivity contribution in [3.63, 3.8) is 0 Å². The highest BCUT2D eigenvalue weighted by Gasteiger charge is 2.52. The average Bonchev–Trinajstić information content (AvgIpc) is 3.34. The Balaban J connectivity index is 0.00000218. The lowest BCUT2D eigenvalue weighted by Crippen LogP contribution is -2.41. The van der Waals surface area contributed by atoms with Gasteiger partial charge in [0.25, 0.3) is 0 Å². The van der Waals surface area contributed by atoms with E-state index in [1.54, 1.807) is 4.90 Å². The Hall–Kier alpha value is -2.26. The first-order valence-electron chi connectivity index (χ1n) is 9.71. The van der Waals surface area contributed by atoms with E-state index < -0.39 is 40.7 Å². The largest absolute Gasteiger partial charge is 0.477 e. The zero-order valence-corrected chi connectivity index (χ0v) is 16.8. The Morgan fingerprint density at radius 2 is 2.07 bits per heavy atom. The number of alkyl halides is 1. The minimum absolute atomic E-state index is 0. The summed E-state index contributed by atoms with van der Waals surface area (Å²) in [5.74, 6) is -3.25. The van der Waals surface area contributed by atoms with E-state index in [4.69, 9.17) is 0 Å². The first-order valence-corrected chi connectivity index (χ1v) is 9.71. The van der Waals surface area contributed by atoms with Crippen LogP contribution >= 0.6 is 12.4 Å². The molecule has 3 fully saturated rings. The van der Waals surface area contributed by atoms with Crippen molar-refractivity contribution in [1.29, 1.82) is 0 Å². The highest BCUT2D eigenvalue weighted by molar-refractivity contribution is 5.94. The molecular formula is C20H21ClF3N3O3. The van der Waals surface area contributed by atoms with Gasteiger partial charge in [-0.2, -0.15) is 0 Å². The van der Waals surface area contributed by atoms with E-state index >= 15 is 8.78 Å². The van der Waals surface area contributed by atoms with Crippen LogP contribution in [0.1, 0.15) is 35.7 Å². The van der Waals surface area contributed by atoms with Crippen molar-refractivity contribution in [2.24, 2.45) is 5.41 Å². The number of carboxylic acids is 1. The van der Waals surface area contributed by atoms with Crippen LogP contribution in [0, 0.1) is 17.0 Å². The third kappa shape index (κ3) is 2.82. The minimum atomic E-state index is -1.43. The van der Waals surface area contributed by atoms with Gasteiger partial charge in [-0.3, -0.25) is 9.18 Å². The summed E-state index contributed by atoms with van der Waals surface area (Å²) in [5.41, 5.74) is -2.43. The number of nitrogens with zero attached hydrogens (tertiary/aromatic N) is 2. The number of carboxylic acid groups (broad SMARTS) is 1. The van der Waals surface area contributed by atoms with E-state index in [0.29, 0.717) is 26.1 Å². The number of anilines is 1. The van der Waals surface area contributed by atoms with Crippen LogP contribution in [0.3, 0.4) is 0 Å². The fourth-order valence-corrected chi connectivity index (χ4v) is 4.95. The number of hydrogen-bond donors (Lipinski definition) is 2. The van der Waals surface area contributed by atoms with Gasteiger partial charge in [-0.05, 0) is 25.3 Å². The van der Waals surface area contributed by atoms with E-state index in [1.807, 2.05) is 0 Å². The van der Waals surface area contributed by atoms with Crippen LogP contribution in [0.5, 0.6) is 0 Å². The second-order valence-electron chi connectivity index (χ2n) is 8.32. The normalized spacial score (nSPS) is 25.4. The predicted octanol–water partition coefficient (Wildman–Crippen LogP) is 2.87. The summed E-state index contributed by atoms with van der Waals surface area (Å²) in [6.45, 7) is 0.619. The number of aromatic carboxylic acids is 1. The number of pyridine rings is 1. The first kappa shape index (κ1) is 21.0. The molecule has 30 heavy (non-hydrogen) atoms. The zero-order valence-electron chi connectivity index (χ0n) is 16.0. The van der Waals surface area contributed by atoms with Gasteiger partial charge in [-0.15, -0.1) is 12.4 Å². The Morgan fingerprint density at radius 3 is 2.70 bits per heavy atom. The van der Waals surface area contributed by atoms with E-state index in [9.17, 15) is 19.1 Å². The topological polar surface area (TPSA) is 74.6 Å². The van der Waals surface area contributed by atoms with E-state index in [0.717, 1.165) is 25.1 Å². The maximum atomic E-state index is 15.7. The SMILES string of the molecule is Cl.O=C(O)c1cn(C2CC2)c2c(F)c(N3CCC4(CF)CNCC34)c(F)cc2c1=O. The molecule has 0 bridgehead atoms. The standard InChI is InChI=1S/C20H20F3N3O3.ClH/c21-8-20-3-4-25(14(20)6-24-9-20)17-13(22)5-11-16(15(17)23)26(10-1-2-10)7-12(18(11)27)19(28)29;/h5,7,10,14,24H,1-4,6,8-9H2,(H,28,29);1H. The van der Waals surface area contributed by atoms with Crippen LogP contribution in [0.2, 0.25) is 0 Å². The lowest BCUT2D eigenvalue weighted by atomic mass is 9.84. The summed E-state index contributed by atoms with van der Waals surface area (Å²) in [7, 11) is 0. The second kappa shape index (κ2) is 7.16. The lowest BCUT2D eigenvalue weighted by Gasteiger charge is -2.31. The van der Waals surface area contributed by atoms with Crippen molar-refractivity contribution in [2.45, 2.75) is 31.3 Å². The highest BCUT2D eigenvalue weighted by atomic mass is 35.5. The summed E-state index contributed by atoms with van der Waals surface area (Å²) < 4.78 is 46.0. The lowest BCUT2D eigenvalue weighted by molar-refractivity contribution is 0.0694. The Kier molecular flexibility index (Phi) is 5.01. The van der Waals surface area contributed by atoms with Gasteiger partial charge in [0.1, 0.15) is 17.1 Å². The van der Waals surface area contributed by atoms with Crippen LogP contribution in [0.4, 0.5) is 18.9 Å². The smallest absolute Gasteiger partial charge is 0.341 e. The molecule has 3 heterocycles. The van der Waals surface area contributed by atoms with Gasteiger partial charge in [0.05, 0.1) is 23.6 Å². The zero-order chi connectivity index (χ0) is 20.5. The number of nitrogens with one attached hydrogen (secondary N) is 1. The van der Waals surface area contributed by atoms with E-state index in [1.165, 1.54) is 4.57 Å². The fraction of sp³-hybridized carbons (Fsp3) is 0.500. The monoisotopic (exact) mass is 443 g/mol. The third-order valence-electron chi connectivity index (χ3n) is 6.66. The summed E-state index contributed by atoms with van der Waals surface area (Å²) in [4.78, 5) is 25.6. The molecule has 162 valence electrons. The summed E-state index contributed by atoms with van der Waals surface area (Å²) >= 11 is 0. The van der Waals surface area contributed by atoms with E-state index in [2.05, 4.69) is 5.32 Å². The minimum Gasteiger partial charge on any atom is -0.477 e. The van der Waals surface area contributed by atoms with Crippen LogP contribution in [0.25, 0.3) is 10.9 Å². The number of benzene rings is 1. The molecule has 1 aromatic heterocycles. The number of rotatable bonds is 4. The van der Waals surface area contributed by atoms with Crippen molar-refractivity contribution >= 4 is 35.0 Å². The summed E-state index contributed by atoms with van der Waals surface area (Å²) in [5, 5.41) is 12.2. The number of halogens is 4. The molecule has 2 aromatic rings. The molecular weight excluding hydrogens is 423 g/mol. The second-order valence-corrected chi connectivity index (χ2v) is 8.32. The molecule has 3 aliphatic rings. The molecule has 5 rings (SSSR count). The van der Waals surface area contributed by atoms with Crippen molar-refractivity contribution < 1.29 is 23.1 Å². The molecule has 2 atom stereocenters. The van der Waals surface area contributed by atoms with Gasteiger partial charge in [0, 0.05) is 37.3 Å². The molecule has 0 radical (unpaired) electrons. The molecule has 2 N–H and O–H groups in total. The van der Waals surface area contributed by atoms with Gasteiger partial charge in [0.15, 0.2) is 5.82 Å². The quantitative estimate of drug-likeness (QED) is 0.760. The van der Waals surface area contributed by atoms with Gasteiger partial charge in [0.2, 0.25) is 5.43 Å². The number of aromatic nitrogens is 1. The summed E-state index contributed by atoms with van der Waals surface area (Å²) in [6.07, 6.45) is 3.09. The molecule has 6 nitrogen and oxygen atoms in total. The van der Waals surface area contributed by atoms with Crippen molar-refractivity contribution in [3.8, 4) is 0 Å². The van der Waals surface area contributed by atoms with Gasteiger partial charge >= 0.3 is 5.97 Å². The predicted molar refractivity (Wildman–Crippen MR) is 108 cm³/mol. The molecule has 10 heteroatoms. The number of hydrogen-bond acceptors (Lipinski definition) is 4. The maximum Gasteiger partial charge on any atom is 0.341 e. The Labute approximate surface area is 176 Å². The van der Waals surface area contributed by atoms with Crippen LogP contribution in [-0.4, -0.2) is 48.0 Å². The first-order chi connectivity index (χ1) is 13.9. The maximum absolute atomic E-state index is 15.7. The highest BCUT2D eigenvalue weighted by Crippen LogP contribution is 2.45. The van der Waals surface area contributed by atoms with Crippen molar-refractivity contribution in [1.82, 2.24) is 9.88 Å². The van der Waals surface area contributed by atoms with Crippen LogP contribution in [-0.2, 0) is 0 Å². The molecule has 2 unspecified atom stereocenters. The molecule has 1 aromatic carbocycles. The number of carbonyl (C=O) groups is 1. The van der Waals surface area contributed by atoms with E-state index in [-0.39, 0.29) is 41.1 Å². The molecule has 2 saturated heterocycles. The Morgan fingerprint density at radius 1 is 1.33 bits per heavy atom. The van der Waals surface area contributed by atoms with Gasteiger partial charge < -0.3 is 19.9 Å². The van der Waals surface area contributed by atoms with Crippen LogP contribution < -0.4 is 15.6 Å². The number of fused-ring (bicyclic) bond motifs is 2. The van der Waals surface area contributed by atoms with Gasteiger partial charge in [-0.25, -0.2) is 13.6 Å². The molecule has 1 aliphatic carbocycles. The van der Waals surface area contributed by atoms with Gasteiger partial charge in [-0.1, -0.05) is 0 Å². The molecule has 0 amide bonds. The van der Waals surface area contributed by atoms with Crippen molar-refractivity contribution in [2.75, 3.05) is 31.2 Å². The fourth-order valence-electron chi connectivity index (χ4n) is 4.95. The molecule has 1 saturated carbocycles. The average molecular weight is 444 g/mol. The molecule has 0 spiro atoms.